The smallest absolute Gasteiger partial charge is 0.245 e. The molecule has 0 bridgehead atoms. The number of ether oxygens (including phenoxy) is 2. The van der Waals surface area contributed by atoms with Crippen LogP contribution >= 0.6 is 0 Å². The number of benzene rings is 1. The number of hydrogen-bond donors (Lipinski definition) is 0. The van der Waals surface area contributed by atoms with Crippen LogP contribution < -0.4 is 4.74 Å². The maximum absolute atomic E-state index is 13.3. The van der Waals surface area contributed by atoms with Crippen LogP contribution in [-0.2, 0) is 21.2 Å². The summed E-state index contributed by atoms with van der Waals surface area (Å²) in [5.74, 6) is 1.52. The van der Waals surface area contributed by atoms with Gasteiger partial charge >= 0.3 is 0 Å². The molecule has 1 unspecified atom stereocenters. The SMILES string of the molecule is CO[C@H]1C[C@H](c2nc(C)no2)N(S(=O)(=O)c2ccc3c(c2)CC(C)O3)C1. The fourth-order valence-electron chi connectivity index (χ4n) is 3.57. The lowest BCUT2D eigenvalue weighted by atomic mass is 10.1. The van der Waals surface area contributed by atoms with Crippen LogP contribution in [0.5, 0.6) is 5.75 Å². The van der Waals surface area contributed by atoms with Gasteiger partial charge in [-0.3, -0.25) is 0 Å². The van der Waals surface area contributed by atoms with E-state index in [1.165, 1.54) is 4.31 Å². The Morgan fingerprint density at radius 1 is 1.35 bits per heavy atom. The lowest BCUT2D eigenvalue weighted by molar-refractivity contribution is 0.114. The minimum atomic E-state index is -3.74. The molecule has 0 amide bonds. The summed E-state index contributed by atoms with van der Waals surface area (Å²) in [4.78, 5) is 4.47. The highest BCUT2D eigenvalue weighted by molar-refractivity contribution is 7.89. The molecule has 2 aliphatic rings. The third kappa shape index (κ3) is 2.89. The number of fused-ring (bicyclic) bond motifs is 1. The molecule has 0 spiro atoms. The average molecular weight is 379 g/mol. The minimum Gasteiger partial charge on any atom is -0.490 e. The van der Waals surface area contributed by atoms with Crippen LogP contribution in [0.3, 0.4) is 0 Å². The maximum Gasteiger partial charge on any atom is 0.245 e. The standard InChI is InChI=1S/C17H21N3O5S/c1-10-6-12-7-14(4-5-16(12)24-10)26(21,22)20-9-13(23-3)8-15(20)17-18-11(2)19-25-17/h4-5,7,10,13,15H,6,8-9H2,1-3H3/t10?,13-,15+/m0/s1. The van der Waals surface area contributed by atoms with Crippen molar-refractivity contribution in [3.8, 4) is 5.75 Å². The molecule has 1 fully saturated rings. The quantitative estimate of drug-likeness (QED) is 0.800. The van der Waals surface area contributed by atoms with Gasteiger partial charge < -0.3 is 14.0 Å². The molecule has 1 aromatic carbocycles. The van der Waals surface area contributed by atoms with E-state index in [0.717, 1.165) is 11.3 Å². The van der Waals surface area contributed by atoms with Crippen molar-refractivity contribution in [3.05, 3.63) is 35.5 Å². The van der Waals surface area contributed by atoms with Gasteiger partial charge in [-0.25, -0.2) is 8.42 Å². The largest absolute Gasteiger partial charge is 0.490 e. The summed E-state index contributed by atoms with van der Waals surface area (Å²) in [6.07, 6.45) is 1.01. The molecular formula is C17H21N3O5S. The normalized spacial score (nSPS) is 26.0. The molecule has 2 aliphatic heterocycles. The molecule has 2 aromatic rings. The third-order valence-electron chi connectivity index (χ3n) is 4.85. The first-order valence-corrected chi connectivity index (χ1v) is 9.97. The summed E-state index contributed by atoms with van der Waals surface area (Å²) in [7, 11) is -2.16. The molecule has 0 saturated carbocycles. The Bertz CT molecular complexity index is 926. The van der Waals surface area contributed by atoms with Crippen LogP contribution in [0.25, 0.3) is 0 Å². The van der Waals surface area contributed by atoms with Gasteiger partial charge in [-0.15, -0.1) is 0 Å². The predicted molar refractivity (Wildman–Crippen MR) is 91.3 cm³/mol. The Morgan fingerprint density at radius 3 is 2.85 bits per heavy atom. The summed E-state index contributed by atoms with van der Waals surface area (Å²) in [5, 5.41) is 3.79. The van der Waals surface area contributed by atoms with Crippen molar-refractivity contribution >= 4 is 10.0 Å². The van der Waals surface area contributed by atoms with Gasteiger partial charge in [-0.05, 0) is 37.6 Å². The summed E-state index contributed by atoms with van der Waals surface area (Å²) >= 11 is 0. The molecule has 1 saturated heterocycles. The van der Waals surface area contributed by atoms with Crippen molar-refractivity contribution in [1.82, 2.24) is 14.4 Å². The van der Waals surface area contributed by atoms with Gasteiger partial charge in [0.1, 0.15) is 17.9 Å². The molecule has 0 radical (unpaired) electrons. The van der Waals surface area contributed by atoms with Crippen molar-refractivity contribution in [1.29, 1.82) is 0 Å². The van der Waals surface area contributed by atoms with E-state index in [1.54, 1.807) is 32.2 Å². The second kappa shape index (κ2) is 6.33. The van der Waals surface area contributed by atoms with Gasteiger partial charge in [-0.2, -0.15) is 9.29 Å². The third-order valence-corrected chi connectivity index (χ3v) is 6.72. The summed E-state index contributed by atoms with van der Waals surface area (Å²) in [6.45, 7) is 3.91. The van der Waals surface area contributed by atoms with Crippen LogP contribution in [0.1, 0.15) is 36.7 Å². The fourth-order valence-corrected chi connectivity index (χ4v) is 5.25. The van der Waals surface area contributed by atoms with Gasteiger partial charge in [-0.1, -0.05) is 5.16 Å². The molecule has 4 rings (SSSR count). The number of aromatic nitrogens is 2. The van der Waals surface area contributed by atoms with Crippen LogP contribution in [-0.4, -0.2) is 48.7 Å². The second-order valence-electron chi connectivity index (χ2n) is 6.77. The molecule has 3 heterocycles. The highest BCUT2D eigenvalue weighted by atomic mass is 32.2. The van der Waals surface area contributed by atoms with E-state index in [-0.39, 0.29) is 23.6 Å². The first-order valence-electron chi connectivity index (χ1n) is 8.53. The van der Waals surface area contributed by atoms with E-state index in [0.29, 0.717) is 24.6 Å². The highest BCUT2D eigenvalue weighted by Gasteiger charge is 2.44. The van der Waals surface area contributed by atoms with Gasteiger partial charge in [0.2, 0.25) is 15.9 Å². The lowest BCUT2D eigenvalue weighted by Crippen LogP contribution is -2.32. The predicted octanol–water partition coefficient (Wildman–Crippen LogP) is 1.85. The van der Waals surface area contributed by atoms with Crippen molar-refractivity contribution in [2.75, 3.05) is 13.7 Å². The lowest BCUT2D eigenvalue weighted by Gasteiger charge is -2.21. The molecule has 1 aromatic heterocycles. The molecule has 0 aliphatic carbocycles. The fraction of sp³-hybridized carbons (Fsp3) is 0.529. The zero-order valence-corrected chi connectivity index (χ0v) is 15.7. The Hall–Kier alpha value is -1.97. The number of methoxy groups -OCH3 is 1. The molecule has 140 valence electrons. The number of nitrogens with zero attached hydrogens (tertiary/aromatic N) is 3. The molecule has 3 atom stereocenters. The van der Waals surface area contributed by atoms with Gasteiger partial charge in [0.25, 0.3) is 0 Å². The molecular weight excluding hydrogens is 358 g/mol. The van der Waals surface area contributed by atoms with Crippen LogP contribution in [0.2, 0.25) is 0 Å². The van der Waals surface area contributed by atoms with Crippen LogP contribution in [0.15, 0.2) is 27.6 Å². The Morgan fingerprint density at radius 2 is 2.15 bits per heavy atom. The van der Waals surface area contributed by atoms with Gasteiger partial charge in [0.15, 0.2) is 5.82 Å². The van der Waals surface area contributed by atoms with Gasteiger partial charge in [0, 0.05) is 26.5 Å². The highest BCUT2D eigenvalue weighted by Crippen LogP contribution is 2.38. The zero-order valence-electron chi connectivity index (χ0n) is 14.9. The van der Waals surface area contributed by atoms with Crippen molar-refractivity contribution in [2.24, 2.45) is 0 Å². The molecule has 9 heteroatoms. The number of hydrogen-bond acceptors (Lipinski definition) is 7. The molecule has 0 N–H and O–H groups in total. The first kappa shape index (κ1) is 17.4. The average Bonchev–Trinajstić information content (AvgIpc) is 3.30. The Kier molecular flexibility index (Phi) is 4.25. The second-order valence-corrected chi connectivity index (χ2v) is 8.66. The summed E-state index contributed by atoms with van der Waals surface area (Å²) in [5.41, 5.74) is 0.909. The van der Waals surface area contributed by atoms with Crippen molar-refractivity contribution < 1.29 is 22.4 Å². The minimum absolute atomic E-state index is 0.0572. The van der Waals surface area contributed by atoms with E-state index in [2.05, 4.69) is 10.1 Å². The maximum atomic E-state index is 13.3. The van der Waals surface area contributed by atoms with E-state index >= 15 is 0 Å². The number of sulfonamides is 1. The summed E-state index contributed by atoms with van der Waals surface area (Å²) < 4.78 is 44.3. The van der Waals surface area contributed by atoms with Crippen molar-refractivity contribution in [3.63, 3.8) is 0 Å². The molecule has 26 heavy (non-hydrogen) atoms. The van der Waals surface area contributed by atoms with E-state index in [4.69, 9.17) is 14.0 Å². The van der Waals surface area contributed by atoms with Crippen LogP contribution in [0.4, 0.5) is 0 Å². The topological polar surface area (TPSA) is 94.8 Å². The Labute approximate surface area is 152 Å². The van der Waals surface area contributed by atoms with E-state index < -0.39 is 16.1 Å². The molecule has 8 nitrogen and oxygen atoms in total. The van der Waals surface area contributed by atoms with E-state index in [9.17, 15) is 8.42 Å². The Balaban J connectivity index is 1.70. The number of aryl methyl sites for hydroxylation is 1. The monoisotopic (exact) mass is 379 g/mol. The number of rotatable bonds is 4. The summed E-state index contributed by atoms with van der Waals surface area (Å²) in [6, 6.07) is 4.48. The first-order chi connectivity index (χ1) is 12.4. The van der Waals surface area contributed by atoms with Crippen LogP contribution in [0, 0.1) is 6.92 Å². The van der Waals surface area contributed by atoms with Gasteiger partial charge in [0.05, 0.1) is 11.0 Å². The van der Waals surface area contributed by atoms with Crippen molar-refractivity contribution in [2.45, 2.75) is 49.8 Å². The van der Waals surface area contributed by atoms with E-state index in [1.807, 2.05) is 6.92 Å². The zero-order chi connectivity index (χ0) is 18.5.